The Bertz CT molecular complexity index is 1100. The summed E-state index contributed by atoms with van der Waals surface area (Å²) in [5.74, 6) is 1.00. The molecule has 11 heteroatoms. The molecule has 0 radical (unpaired) electrons. The fraction of sp³-hybridized carbons (Fsp3) is 0.556. The quantitative estimate of drug-likeness (QED) is 0.264. The first-order valence-corrected chi connectivity index (χ1v) is 13.2. The summed E-state index contributed by atoms with van der Waals surface area (Å²) in [6.45, 7) is 7.81. The number of aryl methyl sites for hydroxylation is 1. The Kier molecular flexibility index (Phi) is 10.7. The molecule has 3 rings (SSSR count). The van der Waals surface area contributed by atoms with E-state index in [1.807, 2.05) is 39.0 Å². The van der Waals surface area contributed by atoms with Gasteiger partial charge in [-0.3, -0.25) is 9.59 Å². The number of likely N-dealkylation sites (N-methyl/N-ethyl adjacent to an activating group) is 1. The molecule has 6 N–H and O–H groups in total. The molecule has 0 saturated carbocycles. The van der Waals surface area contributed by atoms with Crippen LogP contribution in [0.3, 0.4) is 0 Å². The van der Waals surface area contributed by atoms with Crippen molar-refractivity contribution in [3.8, 4) is 5.75 Å². The largest absolute Gasteiger partial charge is 0.497 e. The van der Waals surface area contributed by atoms with Gasteiger partial charge < -0.3 is 36.5 Å². The van der Waals surface area contributed by atoms with E-state index >= 15 is 0 Å². The van der Waals surface area contributed by atoms with Crippen LogP contribution in [0.2, 0.25) is 0 Å². The predicted molar refractivity (Wildman–Crippen MR) is 148 cm³/mol. The summed E-state index contributed by atoms with van der Waals surface area (Å²) >= 11 is 0. The van der Waals surface area contributed by atoms with E-state index in [1.54, 1.807) is 14.2 Å². The smallest absolute Gasteiger partial charge is 0.271 e. The highest BCUT2D eigenvalue weighted by Gasteiger charge is 2.22. The number of hydrogen-bond acceptors (Lipinski definition) is 9. The first-order chi connectivity index (χ1) is 18.2. The second-order valence-corrected chi connectivity index (χ2v) is 9.71. The Morgan fingerprint density at radius 2 is 1.89 bits per heavy atom. The average Bonchev–Trinajstić information content (AvgIpc) is 2.89. The van der Waals surface area contributed by atoms with Gasteiger partial charge in [-0.1, -0.05) is 20.8 Å². The molecule has 1 aromatic carbocycles. The lowest BCUT2D eigenvalue weighted by Crippen LogP contribution is -2.46. The van der Waals surface area contributed by atoms with Crippen LogP contribution in [0.5, 0.6) is 5.75 Å². The van der Waals surface area contributed by atoms with Gasteiger partial charge in [0.25, 0.3) is 5.91 Å². The number of nitrogens with zero attached hydrogens (tertiary/aromatic N) is 2. The van der Waals surface area contributed by atoms with Crippen molar-refractivity contribution < 1.29 is 19.1 Å². The molecule has 1 aromatic heterocycles. The molecular formula is C27H41N7O4. The lowest BCUT2D eigenvalue weighted by Gasteiger charge is -2.25. The zero-order chi connectivity index (χ0) is 27.7. The maximum absolute atomic E-state index is 12.5. The average molecular weight is 528 g/mol. The number of anilines is 3. The van der Waals surface area contributed by atoms with Gasteiger partial charge in [0, 0.05) is 37.6 Å². The van der Waals surface area contributed by atoms with Gasteiger partial charge in [0.05, 0.1) is 18.8 Å². The Labute approximate surface area is 224 Å². The van der Waals surface area contributed by atoms with E-state index in [9.17, 15) is 9.59 Å². The number of amides is 2. The van der Waals surface area contributed by atoms with Gasteiger partial charge in [0.1, 0.15) is 5.75 Å². The standard InChI is InChI=1S/C27H41N7O4/c1-6-21-25(31-18-8-11-38-12-9-18)34-26(23(33-21)24(28)35)32-19-13-17(14-20(15-19)37-5)7-10-30-27(36)22(29-4)16(2)3/h13-16,18,22,29H,6-12H2,1-5H3,(H2,28,35)(H,30,36)(H2,31,32,34)/t22-/m0/s1. The molecule has 1 aliphatic rings. The summed E-state index contributed by atoms with van der Waals surface area (Å²) in [5.41, 5.74) is 8.03. The van der Waals surface area contributed by atoms with E-state index in [0.717, 1.165) is 18.4 Å². The number of ether oxygens (including phenoxy) is 2. The first kappa shape index (κ1) is 29.1. The van der Waals surface area contributed by atoms with Crippen molar-refractivity contribution in [2.45, 2.75) is 58.5 Å². The molecule has 2 amide bonds. The third-order valence-electron chi connectivity index (χ3n) is 6.54. The second-order valence-electron chi connectivity index (χ2n) is 9.71. The number of carbonyl (C=O) groups excluding carboxylic acids is 2. The molecule has 0 bridgehead atoms. The zero-order valence-corrected chi connectivity index (χ0v) is 23.0. The van der Waals surface area contributed by atoms with Crippen LogP contribution in [0.4, 0.5) is 17.3 Å². The van der Waals surface area contributed by atoms with E-state index in [4.69, 9.17) is 20.2 Å². The van der Waals surface area contributed by atoms with Crippen LogP contribution in [0.1, 0.15) is 55.4 Å². The van der Waals surface area contributed by atoms with Crippen LogP contribution in [-0.2, 0) is 22.4 Å². The number of carbonyl (C=O) groups is 2. The van der Waals surface area contributed by atoms with Crippen LogP contribution in [0.15, 0.2) is 18.2 Å². The van der Waals surface area contributed by atoms with E-state index in [-0.39, 0.29) is 35.4 Å². The van der Waals surface area contributed by atoms with E-state index < -0.39 is 5.91 Å². The van der Waals surface area contributed by atoms with Crippen LogP contribution in [0.25, 0.3) is 0 Å². The van der Waals surface area contributed by atoms with Crippen molar-refractivity contribution in [1.82, 2.24) is 20.6 Å². The topological polar surface area (TPSA) is 153 Å². The number of benzene rings is 1. The lowest BCUT2D eigenvalue weighted by molar-refractivity contribution is -0.123. The van der Waals surface area contributed by atoms with Crippen LogP contribution in [0, 0.1) is 5.92 Å². The zero-order valence-electron chi connectivity index (χ0n) is 23.0. The minimum absolute atomic E-state index is 0.0364. The molecule has 1 atom stereocenters. The highest BCUT2D eigenvalue weighted by atomic mass is 16.5. The predicted octanol–water partition coefficient (Wildman–Crippen LogP) is 2.38. The number of methoxy groups -OCH3 is 1. The van der Waals surface area contributed by atoms with Gasteiger partial charge in [-0.15, -0.1) is 0 Å². The van der Waals surface area contributed by atoms with Gasteiger partial charge in [-0.05, 0) is 56.3 Å². The molecule has 0 unspecified atom stereocenters. The molecular weight excluding hydrogens is 486 g/mol. The van der Waals surface area contributed by atoms with Gasteiger partial charge in [-0.2, -0.15) is 0 Å². The molecule has 1 aliphatic heterocycles. The minimum Gasteiger partial charge on any atom is -0.497 e. The Morgan fingerprint density at radius 3 is 2.50 bits per heavy atom. The number of rotatable bonds is 13. The van der Waals surface area contributed by atoms with Gasteiger partial charge in [0.15, 0.2) is 17.3 Å². The van der Waals surface area contributed by atoms with Gasteiger partial charge >= 0.3 is 0 Å². The van der Waals surface area contributed by atoms with E-state index in [2.05, 4.69) is 26.3 Å². The number of aromatic nitrogens is 2. The Balaban J connectivity index is 1.82. The maximum atomic E-state index is 12.5. The monoisotopic (exact) mass is 527 g/mol. The fourth-order valence-electron chi connectivity index (χ4n) is 4.47. The second kappa shape index (κ2) is 13.9. The lowest BCUT2D eigenvalue weighted by atomic mass is 10.0. The highest BCUT2D eigenvalue weighted by Crippen LogP contribution is 2.27. The van der Waals surface area contributed by atoms with E-state index in [1.165, 1.54) is 0 Å². The van der Waals surface area contributed by atoms with Crippen molar-refractivity contribution in [2.75, 3.05) is 44.5 Å². The van der Waals surface area contributed by atoms with Crippen LogP contribution >= 0.6 is 0 Å². The van der Waals surface area contributed by atoms with Gasteiger partial charge in [0.2, 0.25) is 5.91 Å². The van der Waals surface area contributed by atoms with Gasteiger partial charge in [-0.25, -0.2) is 9.97 Å². The number of primary amides is 1. The third kappa shape index (κ3) is 7.78. The molecule has 0 aliphatic carbocycles. The molecule has 0 spiro atoms. The molecule has 1 saturated heterocycles. The molecule has 208 valence electrons. The van der Waals surface area contributed by atoms with Crippen LogP contribution < -0.4 is 31.7 Å². The highest BCUT2D eigenvalue weighted by molar-refractivity contribution is 5.96. The third-order valence-corrected chi connectivity index (χ3v) is 6.54. The molecule has 2 aromatic rings. The van der Waals surface area contributed by atoms with Crippen molar-refractivity contribution in [3.63, 3.8) is 0 Å². The summed E-state index contributed by atoms with van der Waals surface area (Å²) in [5, 5.41) is 12.7. The van der Waals surface area contributed by atoms with Crippen molar-refractivity contribution >= 4 is 29.1 Å². The van der Waals surface area contributed by atoms with E-state index in [0.29, 0.717) is 55.5 Å². The SMILES string of the molecule is CCc1nc(C(N)=O)c(Nc2cc(CCNC(=O)[C@@H](NC)C(C)C)cc(OC)c2)nc1NC1CCOCC1. The maximum Gasteiger partial charge on any atom is 0.271 e. The number of nitrogens with two attached hydrogens (primary N) is 1. The normalized spacial score (nSPS) is 14.7. The first-order valence-electron chi connectivity index (χ1n) is 13.2. The molecule has 11 nitrogen and oxygen atoms in total. The summed E-state index contributed by atoms with van der Waals surface area (Å²) in [6.07, 6.45) is 2.92. The Morgan fingerprint density at radius 1 is 1.16 bits per heavy atom. The molecule has 2 heterocycles. The van der Waals surface area contributed by atoms with Crippen molar-refractivity contribution in [3.05, 3.63) is 35.2 Å². The van der Waals surface area contributed by atoms with Crippen LogP contribution in [-0.4, -0.2) is 67.8 Å². The summed E-state index contributed by atoms with van der Waals surface area (Å²) in [7, 11) is 3.37. The van der Waals surface area contributed by atoms with Crippen molar-refractivity contribution in [1.29, 1.82) is 0 Å². The summed E-state index contributed by atoms with van der Waals surface area (Å²) < 4.78 is 11.0. The summed E-state index contributed by atoms with van der Waals surface area (Å²) in [4.78, 5) is 34.0. The molecule has 38 heavy (non-hydrogen) atoms. The Hall–Kier alpha value is -3.44. The fourth-order valence-corrected chi connectivity index (χ4v) is 4.47. The molecule has 1 fully saturated rings. The minimum atomic E-state index is -0.664. The van der Waals surface area contributed by atoms with Crippen molar-refractivity contribution in [2.24, 2.45) is 11.7 Å². The summed E-state index contributed by atoms with van der Waals surface area (Å²) in [6, 6.07) is 5.61. The number of hydrogen-bond donors (Lipinski definition) is 5. The number of nitrogens with one attached hydrogen (secondary N) is 4.